The van der Waals surface area contributed by atoms with E-state index in [2.05, 4.69) is 10.2 Å². The summed E-state index contributed by atoms with van der Waals surface area (Å²) in [5.74, 6) is 3.05. The fourth-order valence-corrected chi connectivity index (χ4v) is 1.51. The molecular formula is C11H13F5N2O. The van der Waals surface area contributed by atoms with Gasteiger partial charge in [0.1, 0.15) is 6.61 Å². The van der Waals surface area contributed by atoms with Gasteiger partial charge in [-0.1, -0.05) is 12.1 Å². The number of hydrogen-bond donors (Lipinski definition) is 2. The molecule has 0 spiro atoms. The molecule has 1 rings (SSSR count). The van der Waals surface area contributed by atoms with Crippen LogP contribution in [0.4, 0.5) is 22.0 Å². The molecular weight excluding hydrogens is 271 g/mol. The number of nitrogens with one attached hydrogen (secondary N) is 1. The topological polar surface area (TPSA) is 47.3 Å². The lowest BCUT2D eigenvalue weighted by Gasteiger charge is -2.17. The fraction of sp³-hybridized carbons (Fsp3) is 0.455. The van der Waals surface area contributed by atoms with Crippen LogP contribution in [0.2, 0.25) is 0 Å². The van der Waals surface area contributed by atoms with Gasteiger partial charge in [0, 0.05) is 12.2 Å². The molecule has 0 aliphatic rings. The summed E-state index contributed by atoms with van der Waals surface area (Å²) >= 11 is 0. The molecule has 0 bridgehead atoms. The summed E-state index contributed by atoms with van der Waals surface area (Å²) in [5.41, 5.74) is 2.16. The molecule has 3 nitrogen and oxygen atoms in total. The summed E-state index contributed by atoms with van der Waals surface area (Å²) in [7, 11) is 0. The van der Waals surface area contributed by atoms with Crippen molar-refractivity contribution in [3.05, 3.63) is 35.4 Å². The lowest BCUT2D eigenvalue weighted by atomic mass is 10.0. The van der Waals surface area contributed by atoms with Crippen molar-refractivity contribution in [2.24, 2.45) is 5.84 Å². The van der Waals surface area contributed by atoms with Gasteiger partial charge in [-0.05, 0) is 12.5 Å². The quantitative estimate of drug-likeness (QED) is 0.365. The number of halogens is 5. The average molecular weight is 284 g/mol. The first kappa shape index (κ1) is 15.8. The summed E-state index contributed by atoms with van der Waals surface area (Å²) in [6.07, 6.45) is -4.44. The molecule has 0 saturated carbocycles. The highest BCUT2D eigenvalue weighted by molar-refractivity contribution is 5.22. The number of hydrazine groups is 1. The Kier molecular flexibility index (Phi) is 5.64. The Bertz CT molecular complexity index is 411. The summed E-state index contributed by atoms with van der Waals surface area (Å²) in [6.45, 7) is -1.68. The standard InChI is InChI=1S/C11H13F5N2O/c12-8-3-1-2-7(10(8)13)9(18-17)4-5-19-6-11(14,15)16/h1-3,9,18H,4-6,17H2. The molecule has 0 fully saturated rings. The van der Waals surface area contributed by atoms with Crippen LogP contribution in [-0.2, 0) is 4.74 Å². The largest absolute Gasteiger partial charge is 0.411 e. The molecule has 0 aromatic heterocycles. The van der Waals surface area contributed by atoms with Crippen LogP contribution >= 0.6 is 0 Å². The first-order valence-corrected chi connectivity index (χ1v) is 5.39. The molecule has 0 aliphatic carbocycles. The van der Waals surface area contributed by atoms with Crippen molar-refractivity contribution in [1.29, 1.82) is 0 Å². The molecule has 0 amide bonds. The van der Waals surface area contributed by atoms with Gasteiger partial charge in [0.05, 0.1) is 6.04 Å². The second kappa shape index (κ2) is 6.78. The number of hydrogen-bond acceptors (Lipinski definition) is 3. The number of rotatable bonds is 6. The lowest BCUT2D eigenvalue weighted by molar-refractivity contribution is -0.174. The molecule has 19 heavy (non-hydrogen) atoms. The van der Waals surface area contributed by atoms with Crippen LogP contribution < -0.4 is 11.3 Å². The van der Waals surface area contributed by atoms with Crippen molar-refractivity contribution < 1.29 is 26.7 Å². The van der Waals surface area contributed by atoms with E-state index in [0.717, 1.165) is 6.07 Å². The van der Waals surface area contributed by atoms with Crippen molar-refractivity contribution in [2.75, 3.05) is 13.2 Å². The summed E-state index contributed by atoms with van der Waals surface area (Å²) in [4.78, 5) is 0. The van der Waals surface area contributed by atoms with Gasteiger partial charge >= 0.3 is 6.18 Å². The second-order valence-corrected chi connectivity index (χ2v) is 3.82. The zero-order chi connectivity index (χ0) is 14.5. The normalized spacial score (nSPS) is 13.6. The predicted molar refractivity (Wildman–Crippen MR) is 57.9 cm³/mol. The Morgan fingerprint density at radius 1 is 1.26 bits per heavy atom. The third-order valence-corrected chi connectivity index (χ3v) is 2.37. The Morgan fingerprint density at radius 2 is 1.95 bits per heavy atom. The maximum atomic E-state index is 13.4. The summed E-state index contributed by atoms with van der Waals surface area (Å²) in [6, 6.07) is 2.69. The highest BCUT2D eigenvalue weighted by atomic mass is 19.4. The van der Waals surface area contributed by atoms with Crippen LogP contribution in [0.1, 0.15) is 18.0 Å². The maximum absolute atomic E-state index is 13.4. The van der Waals surface area contributed by atoms with E-state index in [1.807, 2.05) is 0 Å². The van der Waals surface area contributed by atoms with Crippen LogP contribution in [0.25, 0.3) is 0 Å². The van der Waals surface area contributed by atoms with E-state index >= 15 is 0 Å². The Labute approximate surface area is 106 Å². The van der Waals surface area contributed by atoms with E-state index in [4.69, 9.17) is 5.84 Å². The third kappa shape index (κ3) is 5.09. The second-order valence-electron chi connectivity index (χ2n) is 3.82. The van der Waals surface area contributed by atoms with Crippen molar-refractivity contribution in [3.63, 3.8) is 0 Å². The number of ether oxygens (including phenoxy) is 1. The van der Waals surface area contributed by atoms with Crippen LogP contribution in [0.3, 0.4) is 0 Å². The fourth-order valence-electron chi connectivity index (χ4n) is 1.51. The predicted octanol–water partition coefficient (Wildman–Crippen LogP) is 2.44. The van der Waals surface area contributed by atoms with E-state index in [-0.39, 0.29) is 18.6 Å². The maximum Gasteiger partial charge on any atom is 0.411 e. The van der Waals surface area contributed by atoms with Crippen molar-refractivity contribution in [2.45, 2.75) is 18.6 Å². The number of alkyl halides is 3. The van der Waals surface area contributed by atoms with Crippen molar-refractivity contribution in [1.82, 2.24) is 5.43 Å². The van der Waals surface area contributed by atoms with Crippen LogP contribution in [-0.4, -0.2) is 19.4 Å². The van der Waals surface area contributed by atoms with Crippen molar-refractivity contribution >= 4 is 0 Å². The third-order valence-electron chi connectivity index (χ3n) is 2.37. The SMILES string of the molecule is NNC(CCOCC(F)(F)F)c1cccc(F)c1F. The molecule has 0 heterocycles. The molecule has 1 aromatic rings. The van der Waals surface area contributed by atoms with Crippen LogP contribution in [0.15, 0.2) is 18.2 Å². The van der Waals surface area contributed by atoms with Gasteiger partial charge in [0.2, 0.25) is 0 Å². The highest BCUT2D eigenvalue weighted by Gasteiger charge is 2.27. The zero-order valence-corrected chi connectivity index (χ0v) is 9.81. The number of nitrogens with two attached hydrogens (primary N) is 1. The zero-order valence-electron chi connectivity index (χ0n) is 9.81. The minimum absolute atomic E-state index is 0.0209. The average Bonchev–Trinajstić information content (AvgIpc) is 2.32. The minimum Gasteiger partial charge on any atom is -0.372 e. The van der Waals surface area contributed by atoms with Crippen LogP contribution in [0, 0.1) is 11.6 Å². The van der Waals surface area contributed by atoms with E-state index < -0.39 is 30.5 Å². The first-order valence-electron chi connectivity index (χ1n) is 5.39. The Hall–Kier alpha value is -1.25. The summed E-state index contributed by atoms with van der Waals surface area (Å²) in [5, 5.41) is 0. The molecule has 1 atom stereocenters. The van der Waals surface area contributed by atoms with E-state index in [1.165, 1.54) is 12.1 Å². The number of benzene rings is 1. The van der Waals surface area contributed by atoms with Crippen LogP contribution in [0.5, 0.6) is 0 Å². The molecule has 0 aliphatic heterocycles. The van der Waals surface area contributed by atoms with Gasteiger partial charge in [0.15, 0.2) is 11.6 Å². The minimum atomic E-state index is -4.42. The monoisotopic (exact) mass is 284 g/mol. The van der Waals surface area contributed by atoms with Gasteiger partial charge in [0.25, 0.3) is 0 Å². The van der Waals surface area contributed by atoms with Gasteiger partial charge in [-0.25, -0.2) is 8.78 Å². The molecule has 8 heteroatoms. The van der Waals surface area contributed by atoms with E-state index in [9.17, 15) is 22.0 Å². The van der Waals surface area contributed by atoms with E-state index in [0.29, 0.717) is 0 Å². The molecule has 0 radical (unpaired) electrons. The highest BCUT2D eigenvalue weighted by Crippen LogP contribution is 2.22. The van der Waals surface area contributed by atoms with Gasteiger partial charge in [-0.15, -0.1) is 0 Å². The Balaban J connectivity index is 2.56. The van der Waals surface area contributed by atoms with Crippen molar-refractivity contribution in [3.8, 4) is 0 Å². The molecule has 3 N–H and O–H groups in total. The Morgan fingerprint density at radius 3 is 2.53 bits per heavy atom. The smallest absolute Gasteiger partial charge is 0.372 e. The molecule has 1 aromatic carbocycles. The molecule has 1 unspecified atom stereocenters. The van der Waals surface area contributed by atoms with Gasteiger partial charge in [-0.2, -0.15) is 13.2 Å². The van der Waals surface area contributed by atoms with Gasteiger partial charge in [-0.3, -0.25) is 11.3 Å². The van der Waals surface area contributed by atoms with E-state index in [1.54, 1.807) is 0 Å². The molecule has 108 valence electrons. The van der Waals surface area contributed by atoms with Gasteiger partial charge < -0.3 is 4.74 Å². The molecule has 0 saturated heterocycles. The lowest BCUT2D eigenvalue weighted by Crippen LogP contribution is -2.30. The first-order chi connectivity index (χ1) is 8.85. The summed E-state index contributed by atoms with van der Waals surface area (Å²) < 4.78 is 66.3.